The Morgan fingerprint density at radius 3 is 2.19 bits per heavy atom. The standard InChI is InChI=1S/C28H22N2OS/c1-19-12-13-25-23(16-19)24(17-26(29-25)22-14-15-32-18-22)28(31)30-27(20-8-4-2-5-9-20)21-10-6-3-7-11-21/h2-18,27H,1H3,(H,30,31). The predicted octanol–water partition coefficient (Wildman–Crippen LogP) is 6.79. The van der Waals surface area contributed by atoms with Gasteiger partial charge < -0.3 is 5.32 Å². The molecule has 0 unspecified atom stereocenters. The van der Waals surface area contributed by atoms with Crippen molar-refractivity contribution >= 4 is 28.1 Å². The summed E-state index contributed by atoms with van der Waals surface area (Å²) in [6, 6.07) is 29.9. The Morgan fingerprint density at radius 1 is 0.875 bits per heavy atom. The molecule has 5 aromatic rings. The lowest BCUT2D eigenvalue weighted by molar-refractivity contribution is 0.0944. The van der Waals surface area contributed by atoms with Crippen LogP contribution in [0, 0.1) is 6.92 Å². The molecular weight excluding hydrogens is 412 g/mol. The SMILES string of the molecule is Cc1ccc2nc(-c3ccsc3)cc(C(=O)NC(c3ccccc3)c3ccccc3)c2c1. The van der Waals surface area contributed by atoms with Crippen molar-refractivity contribution in [3.05, 3.63) is 124 Å². The lowest BCUT2D eigenvalue weighted by Gasteiger charge is -2.21. The molecule has 1 amide bonds. The van der Waals surface area contributed by atoms with Gasteiger partial charge in [0.1, 0.15) is 0 Å². The summed E-state index contributed by atoms with van der Waals surface area (Å²) < 4.78 is 0. The molecule has 5 rings (SSSR count). The van der Waals surface area contributed by atoms with E-state index in [0.29, 0.717) is 5.56 Å². The molecule has 0 spiro atoms. The van der Waals surface area contributed by atoms with Crippen LogP contribution in [0.15, 0.2) is 102 Å². The van der Waals surface area contributed by atoms with Crippen LogP contribution in [-0.2, 0) is 0 Å². The molecule has 4 heteroatoms. The zero-order valence-electron chi connectivity index (χ0n) is 17.7. The molecule has 0 saturated heterocycles. The van der Waals surface area contributed by atoms with Crippen molar-refractivity contribution < 1.29 is 4.79 Å². The Kier molecular flexibility index (Phi) is 5.53. The normalized spacial score (nSPS) is 11.1. The van der Waals surface area contributed by atoms with Crippen molar-refractivity contribution in [2.75, 3.05) is 0 Å². The molecule has 2 heterocycles. The van der Waals surface area contributed by atoms with E-state index in [9.17, 15) is 4.79 Å². The third kappa shape index (κ3) is 4.05. The first-order valence-electron chi connectivity index (χ1n) is 10.5. The molecule has 0 atom stereocenters. The number of nitrogens with one attached hydrogen (secondary N) is 1. The summed E-state index contributed by atoms with van der Waals surface area (Å²) in [5.41, 5.74) is 6.47. The van der Waals surface area contributed by atoms with Gasteiger partial charge in [0.15, 0.2) is 0 Å². The van der Waals surface area contributed by atoms with Crippen molar-refractivity contribution in [1.82, 2.24) is 10.3 Å². The van der Waals surface area contributed by atoms with Crippen LogP contribution in [0.3, 0.4) is 0 Å². The van der Waals surface area contributed by atoms with Gasteiger partial charge in [-0.15, -0.1) is 0 Å². The summed E-state index contributed by atoms with van der Waals surface area (Å²) >= 11 is 1.62. The van der Waals surface area contributed by atoms with E-state index in [0.717, 1.165) is 38.9 Å². The highest BCUT2D eigenvalue weighted by atomic mass is 32.1. The Labute approximate surface area is 191 Å². The number of nitrogens with zero attached hydrogens (tertiary/aromatic N) is 1. The highest BCUT2D eigenvalue weighted by Crippen LogP contribution is 2.28. The van der Waals surface area contributed by atoms with Gasteiger partial charge in [0, 0.05) is 16.3 Å². The van der Waals surface area contributed by atoms with Gasteiger partial charge in [0.2, 0.25) is 0 Å². The zero-order chi connectivity index (χ0) is 21.9. The maximum atomic E-state index is 13.7. The first-order valence-corrected chi connectivity index (χ1v) is 11.5. The van der Waals surface area contributed by atoms with E-state index < -0.39 is 0 Å². The number of rotatable bonds is 5. The van der Waals surface area contributed by atoms with Crippen LogP contribution in [0.4, 0.5) is 0 Å². The second kappa shape index (κ2) is 8.77. The van der Waals surface area contributed by atoms with Crippen LogP contribution >= 0.6 is 11.3 Å². The lowest BCUT2D eigenvalue weighted by atomic mass is 9.97. The van der Waals surface area contributed by atoms with E-state index in [2.05, 4.69) is 10.7 Å². The summed E-state index contributed by atoms with van der Waals surface area (Å²) in [5, 5.41) is 8.23. The minimum absolute atomic E-state index is 0.114. The smallest absolute Gasteiger partial charge is 0.252 e. The van der Waals surface area contributed by atoms with E-state index in [1.807, 2.05) is 103 Å². The number of benzene rings is 3. The fourth-order valence-corrected chi connectivity index (χ4v) is 4.59. The van der Waals surface area contributed by atoms with Gasteiger partial charge in [-0.1, -0.05) is 72.3 Å². The van der Waals surface area contributed by atoms with Gasteiger partial charge in [-0.25, -0.2) is 4.98 Å². The number of fused-ring (bicyclic) bond motifs is 1. The molecule has 3 aromatic carbocycles. The number of thiophene rings is 1. The molecule has 0 aliphatic heterocycles. The van der Waals surface area contributed by atoms with Crippen molar-refractivity contribution in [1.29, 1.82) is 0 Å². The van der Waals surface area contributed by atoms with Gasteiger partial charge in [-0.3, -0.25) is 4.79 Å². The van der Waals surface area contributed by atoms with Crippen molar-refractivity contribution in [2.24, 2.45) is 0 Å². The Morgan fingerprint density at radius 2 is 1.56 bits per heavy atom. The van der Waals surface area contributed by atoms with E-state index >= 15 is 0 Å². The summed E-state index contributed by atoms with van der Waals surface area (Å²) in [5.74, 6) is -0.114. The highest BCUT2D eigenvalue weighted by molar-refractivity contribution is 7.08. The molecule has 2 aromatic heterocycles. The molecule has 1 N–H and O–H groups in total. The molecule has 0 bridgehead atoms. The third-order valence-electron chi connectivity index (χ3n) is 5.57. The summed E-state index contributed by atoms with van der Waals surface area (Å²) in [6.45, 7) is 2.03. The number of aromatic nitrogens is 1. The maximum Gasteiger partial charge on any atom is 0.252 e. The van der Waals surface area contributed by atoms with E-state index in [1.54, 1.807) is 11.3 Å². The largest absolute Gasteiger partial charge is 0.341 e. The molecule has 0 saturated carbocycles. The Hall–Kier alpha value is -3.76. The van der Waals surface area contributed by atoms with E-state index in [1.165, 1.54) is 0 Å². The van der Waals surface area contributed by atoms with E-state index in [4.69, 9.17) is 4.98 Å². The van der Waals surface area contributed by atoms with Crippen molar-refractivity contribution in [3.63, 3.8) is 0 Å². The summed E-state index contributed by atoms with van der Waals surface area (Å²) in [4.78, 5) is 18.5. The molecule has 0 aliphatic carbocycles. The molecule has 32 heavy (non-hydrogen) atoms. The monoisotopic (exact) mass is 434 g/mol. The van der Waals surface area contributed by atoms with Crippen LogP contribution in [0.1, 0.15) is 33.1 Å². The molecular formula is C28H22N2OS. The average molecular weight is 435 g/mol. The maximum absolute atomic E-state index is 13.7. The highest BCUT2D eigenvalue weighted by Gasteiger charge is 2.20. The van der Waals surface area contributed by atoms with Crippen LogP contribution in [0.25, 0.3) is 22.2 Å². The Balaban J connectivity index is 1.61. The third-order valence-corrected chi connectivity index (χ3v) is 6.25. The number of pyridine rings is 1. The fourth-order valence-electron chi connectivity index (χ4n) is 3.94. The van der Waals surface area contributed by atoms with Gasteiger partial charge >= 0.3 is 0 Å². The number of aryl methyl sites for hydroxylation is 1. The minimum Gasteiger partial charge on any atom is -0.341 e. The number of carbonyl (C=O) groups is 1. The van der Waals surface area contributed by atoms with Gasteiger partial charge in [0.25, 0.3) is 5.91 Å². The summed E-state index contributed by atoms with van der Waals surface area (Å²) in [7, 11) is 0. The van der Waals surface area contributed by atoms with Crippen molar-refractivity contribution in [3.8, 4) is 11.3 Å². The number of hydrogen-bond donors (Lipinski definition) is 1. The summed E-state index contributed by atoms with van der Waals surface area (Å²) in [6.07, 6.45) is 0. The number of carbonyl (C=O) groups excluding carboxylic acids is 1. The van der Waals surface area contributed by atoms with Crippen molar-refractivity contribution in [2.45, 2.75) is 13.0 Å². The minimum atomic E-state index is -0.248. The second-order valence-electron chi connectivity index (χ2n) is 7.82. The van der Waals surface area contributed by atoms with Gasteiger partial charge in [-0.2, -0.15) is 11.3 Å². The lowest BCUT2D eigenvalue weighted by Crippen LogP contribution is -2.29. The second-order valence-corrected chi connectivity index (χ2v) is 8.60. The molecule has 3 nitrogen and oxygen atoms in total. The number of hydrogen-bond acceptors (Lipinski definition) is 3. The number of amides is 1. The first-order chi connectivity index (χ1) is 15.7. The quantitative estimate of drug-likeness (QED) is 0.331. The molecule has 0 fully saturated rings. The van der Waals surface area contributed by atoms with Crippen LogP contribution in [0.5, 0.6) is 0 Å². The van der Waals surface area contributed by atoms with E-state index in [-0.39, 0.29) is 11.9 Å². The predicted molar refractivity (Wildman–Crippen MR) is 132 cm³/mol. The van der Waals surface area contributed by atoms with Crippen LogP contribution < -0.4 is 5.32 Å². The zero-order valence-corrected chi connectivity index (χ0v) is 18.5. The first kappa shape index (κ1) is 20.2. The molecule has 156 valence electrons. The fraction of sp³-hybridized carbons (Fsp3) is 0.0714. The topological polar surface area (TPSA) is 42.0 Å². The van der Waals surface area contributed by atoms with Crippen LogP contribution in [-0.4, -0.2) is 10.9 Å². The van der Waals surface area contributed by atoms with Crippen LogP contribution in [0.2, 0.25) is 0 Å². The molecule has 0 radical (unpaired) electrons. The van der Waals surface area contributed by atoms with Gasteiger partial charge in [0.05, 0.1) is 22.8 Å². The average Bonchev–Trinajstić information content (AvgIpc) is 3.38. The Bertz CT molecular complexity index is 1320. The molecule has 0 aliphatic rings. The van der Waals surface area contributed by atoms with Gasteiger partial charge in [-0.05, 0) is 47.7 Å².